The Bertz CT molecular complexity index is 1180. The fraction of sp³-hybridized carbons (Fsp3) is 0.174. The molecule has 6 nitrogen and oxygen atoms in total. The average molecular weight is 442 g/mol. The molecule has 0 atom stereocenters. The van der Waals surface area contributed by atoms with Crippen LogP contribution < -0.4 is 10.7 Å². The molecular weight excluding hydrogens is 421 g/mol. The van der Waals surface area contributed by atoms with Crippen LogP contribution in [0.2, 0.25) is 0 Å². The molecule has 0 fully saturated rings. The van der Waals surface area contributed by atoms with Crippen LogP contribution in [-0.2, 0) is 15.8 Å². The van der Waals surface area contributed by atoms with Gasteiger partial charge in [-0.25, -0.2) is 5.43 Å². The smallest absolute Gasteiger partial charge is 0.318 e. The number of amides is 2. The zero-order valence-corrected chi connectivity index (χ0v) is 17.6. The molecule has 1 heterocycles. The van der Waals surface area contributed by atoms with Gasteiger partial charge in [-0.1, -0.05) is 29.8 Å². The summed E-state index contributed by atoms with van der Waals surface area (Å²) in [7, 11) is 0. The minimum absolute atomic E-state index is 0.00355. The quantitative estimate of drug-likeness (QED) is 0.354. The maximum atomic E-state index is 13.4. The molecule has 0 unspecified atom stereocenters. The van der Waals surface area contributed by atoms with E-state index in [1.54, 1.807) is 44.2 Å². The van der Waals surface area contributed by atoms with Gasteiger partial charge in [0, 0.05) is 22.6 Å². The number of hydrogen-bond donors (Lipinski definition) is 2. The third-order valence-corrected chi connectivity index (χ3v) is 4.81. The van der Waals surface area contributed by atoms with Gasteiger partial charge >= 0.3 is 18.0 Å². The van der Waals surface area contributed by atoms with E-state index in [0.29, 0.717) is 22.6 Å². The van der Waals surface area contributed by atoms with Crippen molar-refractivity contribution in [1.29, 1.82) is 0 Å². The molecule has 0 aliphatic rings. The number of halogens is 3. The van der Waals surface area contributed by atoms with Crippen LogP contribution in [0.15, 0.2) is 59.7 Å². The maximum absolute atomic E-state index is 13.4. The number of carbonyl (C=O) groups is 2. The second kappa shape index (κ2) is 9.09. The van der Waals surface area contributed by atoms with Crippen LogP contribution in [0.3, 0.4) is 0 Å². The lowest BCUT2D eigenvalue weighted by atomic mass is 10.1. The lowest BCUT2D eigenvalue weighted by Gasteiger charge is -2.16. The molecule has 2 amide bonds. The highest BCUT2D eigenvalue weighted by molar-refractivity contribution is 6.39. The Labute approximate surface area is 182 Å². The van der Waals surface area contributed by atoms with E-state index in [1.807, 2.05) is 6.92 Å². The average Bonchev–Trinajstić information content (AvgIpc) is 3.02. The first-order chi connectivity index (χ1) is 15.1. The van der Waals surface area contributed by atoms with Crippen molar-refractivity contribution in [2.24, 2.45) is 5.10 Å². The van der Waals surface area contributed by atoms with Gasteiger partial charge in [-0.3, -0.25) is 9.59 Å². The number of anilines is 1. The lowest BCUT2D eigenvalue weighted by molar-refractivity contribution is -0.137. The summed E-state index contributed by atoms with van der Waals surface area (Å²) < 4.78 is 41.7. The summed E-state index contributed by atoms with van der Waals surface area (Å²) in [5, 5.41) is 6.23. The van der Waals surface area contributed by atoms with Crippen molar-refractivity contribution in [2.75, 3.05) is 5.32 Å². The van der Waals surface area contributed by atoms with Crippen LogP contribution in [-0.4, -0.2) is 22.6 Å². The summed E-state index contributed by atoms with van der Waals surface area (Å²) in [5.74, 6) is -1.87. The Hall–Kier alpha value is -3.88. The summed E-state index contributed by atoms with van der Waals surface area (Å²) in [4.78, 5) is 23.9. The Morgan fingerprint density at radius 3 is 2.28 bits per heavy atom. The van der Waals surface area contributed by atoms with Crippen molar-refractivity contribution in [2.45, 2.75) is 26.9 Å². The van der Waals surface area contributed by atoms with Gasteiger partial charge < -0.3 is 9.88 Å². The van der Waals surface area contributed by atoms with Crippen LogP contribution >= 0.6 is 0 Å². The zero-order chi connectivity index (χ0) is 23.5. The van der Waals surface area contributed by atoms with Crippen molar-refractivity contribution in [1.82, 2.24) is 9.99 Å². The predicted octanol–water partition coefficient (Wildman–Crippen LogP) is 4.51. The molecule has 0 aliphatic heterocycles. The molecule has 166 valence electrons. The summed E-state index contributed by atoms with van der Waals surface area (Å²) >= 11 is 0. The van der Waals surface area contributed by atoms with Crippen molar-refractivity contribution < 1.29 is 22.8 Å². The second-order valence-electron chi connectivity index (χ2n) is 7.20. The predicted molar refractivity (Wildman–Crippen MR) is 116 cm³/mol. The van der Waals surface area contributed by atoms with Crippen LogP contribution in [0.25, 0.3) is 5.69 Å². The van der Waals surface area contributed by atoms with Gasteiger partial charge in [-0.15, -0.1) is 0 Å². The molecule has 1 aromatic heterocycles. The molecule has 3 aromatic rings. The highest BCUT2D eigenvalue weighted by Gasteiger charge is 2.34. The number of aryl methyl sites for hydroxylation is 2. The maximum Gasteiger partial charge on any atom is 0.418 e. The standard InChI is InChI=1S/C23H21F3N4O2/c1-14-8-10-18(11-9-14)28-21(31)22(32)29-27-13-17-12-15(2)30(16(17)3)20-7-5-4-6-19(20)23(24,25)26/h4-13H,1-3H3,(H,28,31)(H,29,32)/b27-13-. The molecule has 0 radical (unpaired) electrons. The van der Waals surface area contributed by atoms with E-state index in [0.717, 1.165) is 11.6 Å². The summed E-state index contributed by atoms with van der Waals surface area (Å²) in [5.41, 5.74) is 4.39. The van der Waals surface area contributed by atoms with Gasteiger partial charge in [0.05, 0.1) is 17.5 Å². The fourth-order valence-corrected chi connectivity index (χ4v) is 3.23. The van der Waals surface area contributed by atoms with E-state index >= 15 is 0 Å². The molecule has 0 bridgehead atoms. The number of nitrogens with zero attached hydrogens (tertiary/aromatic N) is 2. The SMILES string of the molecule is Cc1ccc(NC(=O)C(=O)N/N=C\c2cc(C)n(-c3ccccc3C(F)(F)F)c2C)cc1. The minimum Gasteiger partial charge on any atom is -0.318 e. The van der Waals surface area contributed by atoms with E-state index < -0.39 is 23.6 Å². The van der Waals surface area contributed by atoms with Crippen molar-refractivity contribution in [3.63, 3.8) is 0 Å². The number of aromatic nitrogens is 1. The van der Waals surface area contributed by atoms with Gasteiger partial charge in [0.15, 0.2) is 0 Å². The van der Waals surface area contributed by atoms with Gasteiger partial charge in [0.2, 0.25) is 0 Å². The Morgan fingerprint density at radius 1 is 0.969 bits per heavy atom. The van der Waals surface area contributed by atoms with Crippen LogP contribution in [0.5, 0.6) is 0 Å². The largest absolute Gasteiger partial charge is 0.418 e. The number of hydrogen-bond acceptors (Lipinski definition) is 3. The van der Waals surface area contributed by atoms with Crippen LogP contribution in [0, 0.1) is 20.8 Å². The van der Waals surface area contributed by atoms with Gasteiger partial charge in [-0.2, -0.15) is 18.3 Å². The Kier molecular flexibility index (Phi) is 6.47. The Balaban J connectivity index is 1.75. The first kappa shape index (κ1) is 22.8. The molecule has 3 rings (SSSR count). The van der Waals surface area contributed by atoms with Crippen molar-refractivity contribution >= 4 is 23.7 Å². The molecule has 2 N–H and O–H groups in total. The number of benzene rings is 2. The number of nitrogens with one attached hydrogen (secondary N) is 2. The monoisotopic (exact) mass is 442 g/mol. The molecule has 2 aromatic carbocycles. The van der Waals surface area contributed by atoms with Gasteiger partial charge in [0.1, 0.15) is 0 Å². The van der Waals surface area contributed by atoms with E-state index in [4.69, 9.17) is 0 Å². The van der Waals surface area contributed by atoms with E-state index in [-0.39, 0.29) is 5.69 Å². The van der Waals surface area contributed by atoms with Crippen molar-refractivity contribution in [3.8, 4) is 5.69 Å². The number of para-hydroxylation sites is 1. The number of carbonyl (C=O) groups excluding carboxylic acids is 2. The summed E-state index contributed by atoms with van der Waals surface area (Å²) in [6.45, 7) is 5.21. The van der Waals surface area contributed by atoms with Gasteiger partial charge in [0.25, 0.3) is 0 Å². The molecule has 9 heteroatoms. The topological polar surface area (TPSA) is 75.5 Å². The number of rotatable bonds is 4. The second-order valence-corrected chi connectivity index (χ2v) is 7.20. The minimum atomic E-state index is -4.51. The van der Waals surface area contributed by atoms with E-state index in [1.165, 1.54) is 29.0 Å². The zero-order valence-electron chi connectivity index (χ0n) is 17.6. The fourth-order valence-electron chi connectivity index (χ4n) is 3.23. The Morgan fingerprint density at radius 2 is 1.62 bits per heavy atom. The summed E-state index contributed by atoms with van der Waals surface area (Å²) in [6.07, 6.45) is -3.22. The van der Waals surface area contributed by atoms with Crippen molar-refractivity contribution in [3.05, 3.63) is 82.7 Å². The highest BCUT2D eigenvalue weighted by Crippen LogP contribution is 2.35. The third kappa shape index (κ3) is 5.05. The summed E-state index contributed by atoms with van der Waals surface area (Å²) in [6, 6.07) is 13.8. The van der Waals surface area contributed by atoms with Crippen LogP contribution in [0.4, 0.5) is 18.9 Å². The highest BCUT2D eigenvalue weighted by atomic mass is 19.4. The van der Waals surface area contributed by atoms with Gasteiger partial charge in [-0.05, 0) is 51.1 Å². The molecular formula is C23H21F3N4O2. The molecule has 0 saturated heterocycles. The molecule has 0 aliphatic carbocycles. The first-order valence-corrected chi connectivity index (χ1v) is 9.64. The molecule has 0 saturated carbocycles. The number of alkyl halides is 3. The molecule has 32 heavy (non-hydrogen) atoms. The third-order valence-electron chi connectivity index (χ3n) is 4.81. The first-order valence-electron chi connectivity index (χ1n) is 9.64. The van der Waals surface area contributed by atoms with E-state index in [9.17, 15) is 22.8 Å². The molecule has 0 spiro atoms. The van der Waals surface area contributed by atoms with E-state index in [2.05, 4.69) is 15.8 Å². The lowest BCUT2D eigenvalue weighted by Crippen LogP contribution is -2.32. The normalized spacial score (nSPS) is 11.6. The van der Waals surface area contributed by atoms with Crippen LogP contribution in [0.1, 0.15) is 28.1 Å². The number of hydrazone groups is 1.